The third kappa shape index (κ3) is 3.40. The average molecular weight is 369 g/mol. The Labute approximate surface area is 151 Å². The molecule has 0 saturated carbocycles. The number of urea groups is 1. The van der Waals surface area contributed by atoms with Crippen LogP contribution in [0.25, 0.3) is 20.8 Å². The molecular formula is C17H15N5OS2. The van der Waals surface area contributed by atoms with E-state index in [1.165, 1.54) is 11.3 Å². The van der Waals surface area contributed by atoms with Gasteiger partial charge in [-0.2, -0.15) is 0 Å². The number of H-pyrrole nitrogens is 1. The minimum Gasteiger partial charge on any atom is -0.361 e. The molecule has 0 saturated heterocycles. The average Bonchev–Trinajstić information content (AvgIpc) is 3.34. The van der Waals surface area contributed by atoms with E-state index in [-0.39, 0.29) is 12.1 Å². The van der Waals surface area contributed by atoms with Crippen molar-refractivity contribution in [1.82, 2.24) is 20.5 Å². The molecule has 6 nitrogen and oxygen atoms in total. The number of thiophene rings is 1. The minimum absolute atomic E-state index is 0.121. The quantitative estimate of drug-likeness (QED) is 0.490. The summed E-state index contributed by atoms with van der Waals surface area (Å²) in [4.78, 5) is 16.4. The van der Waals surface area contributed by atoms with E-state index in [1.54, 1.807) is 11.3 Å². The molecule has 0 spiro atoms. The van der Waals surface area contributed by atoms with Crippen molar-refractivity contribution < 1.29 is 4.79 Å². The summed E-state index contributed by atoms with van der Waals surface area (Å²) in [6.07, 6.45) is 1.90. The number of carbonyl (C=O) groups is 1. The number of anilines is 1. The number of amides is 2. The van der Waals surface area contributed by atoms with Gasteiger partial charge in [-0.05, 0) is 47.5 Å². The molecule has 4 rings (SSSR count). The van der Waals surface area contributed by atoms with E-state index in [4.69, 9.17) is 0 Å². The first-order valence-electron chi connectivity index (χ1n) is 7.71. The number of nitrogens with zero attached hydrogens (tertiary/aromatic N) is 2. The van der Waals surface area contributed by atoms with Crippen LogP contribution in [0, 0.1) is 0 Å². The zero-order valence-electron chi connectivity index (χ0n) is 13.3. The molecule has 0 radical (unpaired) electrons. The molecular weight excluding hydrogens is 354 g/mol. The summed E-state index contributed by atoms with van der Waals surface area (Å²) >= 11 is 2.95. The zero-order chi connectivity index (χ0) is 17.2. The van der Waals surface area contributed by atoms with E-state index in [0.29, 0.717) is 5.13 Å². The number of fused-ring (bicyclic) bond motifs is 1. The van der Waals surface area contributed by atoms with Gasteiger partial charge in [0.25, 0.3) is 0 Å². The fourth-order valence-electron chi connectivity index (χ4n) is 2.53. The van der Waals surface area contributed by atoms with Gasteiger partial charge in [0.2, 0.25) is 5.13 Å². The highest BCUT2D eigenvalue weighted by Crippen LogP contribution is 2.29. The van der Waals surface area contributed by atoms with Gasteiger partial charge >= 0.3 is 6.03 Å². The van der Waals surface area contributed by atoms with Gasteiger partial charge in [0.05, 0.1) is 10.9 Å². The number of carbonyl (C=O) groups excluding carboxylic acids is 1. The molecule has 8 heteroatoms. The maximum Gasteiger partial charge on any atom is 0.321 e. The smallest absolute Gasteiger partial charge is 0.321 e. The van der Waals surface area contributed by atoms with Gasteiger partial charge in [-0.15, -0.1) is 21.5 Å². The normalized spacial score (nSPS) is 12.2. The Kier molecular flexibility index (Phi) is 4.21. The van der Waals surface area contributed by atoms with Crippen molar-refractivity contribution in [3.05, 3.63) is 53.5 Å². The summed E-state index contributed by atoms with van der Waals surface area (Å²) in [7, 11) is 0. The number of hydrogen-bond acceptors (Lipinski definition) is 5. The molecule has 0 fully saturated rings. The molecule has 3 N–H and O–H groups in total. The van der Waals surface area contributed by atoms with Crippen LogP contribution in [0.15, 0.2) is 48.0 Å². The molecule has 3 heterocycles. The predicted octanol–water partition coefficient (Wildman–Crippen LogP) is 4.63. The van der Waals surface area contributed by atoms with E-state index >= 15 is 0 Å². The summed E-state index contributed by atoms with van der Waals surface area (Å²) in [5, 5.41) is 18.2. The number of benzene rings is 1. The Morgan fingerprint density at radius 1 is 1.24 bits per heavy atom. The molecule has 0 aliphatic rings. The Morgan fingerprint density at radius 2 is 2.16 bits per heavy atom. The highest BCUT2D eigenvalue weighted by Gasteiger charge is 2.13. The largest absolute Gasteiger partial charge is 0.361 e. The van der Waals surface area contributed by atoms with E-state index in [2.05, 4.69) is 31.9 Å². The van der Waals surface area contributed by atoms with E-state index in [0.717, 1.165) is 26.4 Å². The lowest BCUT2D eigenvalue weighted by Crippen LogP contribution is -2.31. The number of hydrogen-bond donors (Lipinski definition) is 3. The molecule has 1 unspecified atom stereocenters. The Bertz CT molecular complexity index is 1010. The van der Waals surface area contributed by atoms with Crippen molar-refractivity contribution >= 4 is 44.7 Å². The third-order valence-electron chi connectivity index (χ3n) is 3.80. The maximum atomic E-state index is 12.2. The van der Waals surface area contributed by atoms with Gasteiger partial charge < -0.3 is 10.3 Å². The lowest BCUT2D eigenvalue weighted by molar-refractivity contribution is 0.249. The number of aromatic nitrogens is 3. The fourth-order valence-corrected chi connectivity index (χ4v) is 4.06. The standard InChI is InChI=1S/C17H15N5OS2/c1-10(11-4-5-13-12(9-11)6-7-18-13)19-16(23)20-17-22-21-15(25-17)14-3-2-8-24-14/h2-10,18H,1H3,(H2,19,20,22,23). The van der Waals surface area contributed by atoms with Crippen molar-refractivity contribution in [2.45, 2.75) is 13.0 Å². The number of rotatable bonds is 4. The molecule has 25 heavy (non-hydrogen) atoms. The van der Waals surface area contributed by atoms with Crippen molar-refractivity contribution in [1.29, 1.82) is 0 Å². The number of nitrogens with one attached hydrogen (secondary N) is 3. The van der Waals surface area contributed by atoms with Gasteiger partial charge in [0.1, 0.15) is 0 Å². The van der Waals surface area contributed by atoms with E-state index < -0.39 is 0 Å². The SMILES string of the molecule is CC(NC(=O)Nc1nnc(-c2cccs2)s1)c1ccc2[nH]ccc2c1. The second kappa shape index (κ2) is 6.66. The molecule has 126 valence electrons. The Hall–Kier alpha value is -2.71. The topological polar surface area (TPSA) is 82.7 Å². The molecule has 1 aromatic carbocycles. The van der Waals surface area contributed by atoms with Crippen LogP contribution in [0.2, 0.25) is 0 Å². The highest BCUT2D eigenvalue weighted by molar-refractivity contribution is 7.23. The van der Waals surface area contributed by atoms with Crippen LogP contribution in [0.3, 0.4) is 0 Å². The molecule has 0 aliphatic carbocycles. The molecule has 3 aromatic heterocycles. The van der Waals surface area contributed by atoms with Gasteiger partial charge in [-0.1, -0.05) is 23.5 Å². The first-order chi connectivity index (χ1) is 12.2. The summed E-state index contributed by atoms with van der Waals surface area (Å²) in [5.41, 5.74) is 2.12. The maximum absolute atomic E-state index is 12.2. The van der Waals surface area contributed by atoms with Crippen molar-refractivity contribution in [2.24, 2.45) is 0 Å². The minimum atomic E-state index is -0.296. The summed E-state index contributed by atoms with van der Waals surface area (Å²) in [5.74, 6) is 0. The van der Waals surface area contributed by atoms with E-state index in [1.807, 2.05) is 48.8 Å². The number of aromatic amines is 1. The Morgan fingerprint density at radius 3 is 3.00 bits per heavy atom. The predicted molar refractivity (Wildman–Crippen MR) is 102 cm³/mol. The van der Waals surface area contributed by atoms with Gasteiger partial charge in [-0.3, -0.25) is 5.32 Å². The molecule has 0 bridgehead atoms. The van der Waals surface area contributed by atoms with Gasteiger partial charge in [0, 0.05) is 11.7 Å². The third-order valence-corrected chi connectivity index (χ3v) is 5.68. The van der Waals surface area contributed by atoms with Crippen LogP contribution < -0.4 is 10.6 Å². The summed E-state index contributed by atoms with van der Waals surface area (Å²) in [6.45, 7) is 1.95. The second-order valence-electron chi connectivity index (χ2n) is 5.53. The first kappa shape index (κ1) is 15.8. The molecule has 0 aliphatic heterocycles. The monoisotopic (exact) mass is 369 g/mol. The highest BCUT2D eigenvalue weighted by atomic mass is 32.1. The summed E-state index contributed by atoms with van der Waals surface area (Å²) in [6, 6.07) is 11.6. The van der Waals surface area contributed by atoms with Gasteiger partial charge in [-0.25, -0.2) is 4.79 Å². The second-order valence-corrected chi connectivity index (χ2v) is 7.46. The molecule has 4 aromatic rings. The van der Waals surface area contributed by atoms with Gasteiger partial charge in [0.15, 0.2) is 5.01 Å². The van der Waals surface area contributed by atoms with Crippen LogP contribution in [0.4, 0.5) is 9.93 Å². The van der Waals surface area contributed by atoms with Crippen molar-refractivity contribution in [2.75, 3.05) is 5.32 Å². The molecule has 1 atom stereocenters. The Balaban J connectivity index is 1.41. The lowest BCUT2D eigenvalue weighted by atomic mass is 10.1. The van der Waals surface area contributed by atoms with Crippen LogP contribution in [0.5, 0.6) is 0 Å². The van der Waals surface area contributed by atoms with Crippen LogP contribution in [-0.2, 0) is 0 Å². The van der Waals surface area contributed by atoms with Crippen molar-refractivity contribution in [3.8, 4) is 9.88 Å². The van der Waals surface area contributed by atoms with Crippen LogP contribution in [0.1, 0.15) is 18.5 Å². The van der Waals surface area contributed by atoms with Crippen LogP contribution in [-0.4, -0.2) is 21.2 Å². The van der Waals surface area contributed by atoms with E-state index in [9.17, 15) is 4.79 Å². The van der Waals surface area contributed by atoms with Crippen molar-refractivity contribution in [3.63, 3.8) is 0 Å². The summed E-state index contributed by atoms with van der Waals surface area (Å²) < 4.78 is 0. The lowest BCUT2D eigenvalue weighted by Gasteiger charge is -2.14. The van der Waals surface area contributed by atoms with Crippen LogP contribution >= 0.6 is 22.7 Å². The first-order valence-corrected chi connectivity index (χ1v) is 9.40. The zero-order valence-corrected chi connectivity index (χ0v) is 14.9. The molecule has 2 amide bonds. The fraction of sp³-hybridized carbons (Fsp3) is 0.118.